The molecule has 1 saturated heterocycles. The first kappa shape index (κ1) is 18.3. The number of rotatable bonds is 7. The summed E-state index contributed by atoms with van der Waals surface area (Å²) in [5.41, 5.74) is -0.529. The van der Waals surface area contributed by atoms with Crippen molar-refractivity contribution < 1.29 is 22.6 Å². The lowest BCUT2D eigenvalue weighted by Gasteiger charge is -2.30. The first-order valence-electron chi connectivity index (χ1n) is 8.41. The standard InChI is InChI=1S/C18H25F3O2/c1-3-4-5-6-7-8-13-10-22-18(23-11-13)14-9-15(19)12(2)16(20)17(14)21/h9,13,18H,3-8,10-11H2,1-2H3/t13-,18-. The third-order valence-corrected chi connectivity index (χ3v) is 4.35. The molecule has 1 heterocycles. The van der Waals surface area contributed by atoms with Crippen LogP contribution >= 0.6 is 0 Å². The number of halogens is 3. The van der Waals surface area contributed by atoms with E-state index in [4.69, 9.17) is 9.47 Å². The van der Waals surface area contributed by atoms with Gasteiger partial charge in [0.1, 0.15) is 5.82 Å². The van der Waals surface area contributed by atoms with Crippen LogP contribution in [0.4, 0.5) is 13.2 Å². The summed E-state index contributed by atoms with van der Waals surface area (Å²) in [7, 11) is 0. The molecule has 0 saturated carbocycles. The lowest BCUT2D eigenvalue weighted by atomic mass is 10.0. The SMILES string of the molecule is CCCCCCC[C@H]1CO[C@H](c2cc(F)c(C)c(F)c2F)OC1. The fraction of sp³-hybridized carbons (Fsp3) is 0.667. The van der Waals surface area contributed by atoms with Crippen molar-refractivity contribution in [3.63, 3.8) is 0 Å². The molecule has 0 N–H and O–H groups in total. The van der Waals surface area contributed by atoms with E-state index in [1.54, 1.807) is 0 Å². The molecular formula is C18H25F3O2. The predicted molar refractivity (Wildman–Crippen MR) is 82.6 cm³/mol. The highest BCUT2D eigenvalue weighted by Crippen LogP contribution is 2.31. The van der Waals surface area contributed by atoms with Crippen LogP contribution in [0.2, 0.25) is 0 Å². The topological polar surface area (TPSA) is 18.5 Å². The molecule has 5 heteroatoms. The van der Waals surface area contributed by atoms with Gasteiger partial charge in [-0.15, -0.1) is 0 Å². The molecule has 2 rings (SSSR count). The van der Waals surface area contributed by atoms with Gasteiger partial charge in [0.2, 0.25) is 0 Å². The Labute approximate surface area is 136 Å². The lowest BCUT2D eigenvalue weighted by Crippen LogP contribution is -2.28. The van der Waals surface area contributed by atoms with Crippen LogP contribution in [-0.2, 0) is 9.47 Å². The Morgan fingerprint density at radius 2 is 1.65 bits per heavy atom. The average molecular weight is 330 g/mol. The first-order chi connectivity index (χ1) is 11.0. The highest BCUT2D eigenvalue weighted by molar-refractivity contribution is 5.28. The summed E-state index contributed by atoms with van der Waals surface area (Å²) < 4.78 is 52.2. The minimum atomic E-state index is -1.18. The highest BCUT2D eigenvalue weighted by Gasteiger charge is 2.28. The second kappa shape index (κ2) is 8.69. The predicted octanol–water partition coefficient (Wildman–Crippen LogP) is 5.43. The third kappa shape index (κ3) is 4.70. The molecule has 1 fully saturated rings. The molecule has 23 heavy (non-hydrogen) atoms. The van der Waals surface area contributed by atoms with Crippen LogP contribution in [0.15, 0.2) is 6.07 Å². The van der Waals surface area contributed by atoms with Gasteiger partial charge in [0.25, 0.3) is 0 Å². The number of benzene rings is 1. The van der Waals surface area contributed by atoms with Gasteiger partial charge >= 0.3 is 0 Å². The van der Waals surface area contributed by atoms with E-state index in [9.17, 15) is 13.2 Å². The van der Waals surface area contributed by atoms with Crippen LogP contribution in [0.25, 0.3) is 0 Å². The van der Waals surface area contributed by atoms with Crippen molar-refractivity contribution in [3.8, 4) is 0 Å². The maximum Gasteiger partial charge on any atom is 0.186 e. The molecule has 0 radical (unpaired) electrons. The van der Waals surface area contributed by atoms with E-state index < -0.39 is 23.7 Å². The molecular weight excluding hydrogens is 305 g/mol. The summed E-state index contributed by atoms with van der Waals surface area (Å²) in [5, 5.41) is 0. The summed E-state index contributed by atoms with van der Waals surface area (Å²) >= 11 is 0. The number of hydrogen-bond acceptors (Lipinski definition) is 2. The van der Waals surface area contributed by atoms with Gasteiger partial charge in [-0.1, -0.05) is 39.0 Å². The van der Waals surface area contributed by atoms with Gasteiger partial charge in [-0.05, 0) is 19.4 Å². The van der Waals surface area contributed by atoms with E-state index in [0.29, 0.717) is 13.2 Å². The normalized spacial score (nSPS) is 21.6. The Morgan fingerprint density at radius 1 is 1.00 bits per heavy atom. The fourth-order valence-electron chi connectivity index (χ4n) is 2.80. The van der Waals surface area contributed by atoms with Crippen LogP contribution in [-0.4, -0.2) is 13.2 Å². The average Bonchev–Trinajstić information content (AvgIpc) is 2.57. The number of unbranched alkanes of at least 4 members (excludes halogenated alkanes) is 4. The van der Waals surface area contributed by atoms with Crippen molar-refractivity contribution >= 4 is 0 Å². The number of hydrogen-bond donors (Lipinski definition) is 0. The molecule has 1 aliphatic rings. The van der Waals surface area contributed by atoms with E-state index in [0.717, 1.165) is 18.9 Å². The minimum absolute atomic E-state index is 0.202. The van der Waals surface area contributed by atoms with E-state index in [1.165, 1.54) is 32.6 Å². The highest BCUT2D eigenvalue weighted by atomic mass is 19.2. The maximum atomic E-state index is 13.9. The molecule has 1 aromatic rings. The quantitative estimate of drug-likeness (QED) is 0.490. The summed E-state index contributed by atoms with van der Waals surface area (Å²) in [4.78, 5) is 0. The third-order valence-electron chi connectivity index (χ3n) is 4.35. The molecule has 0 unspecified atom stereocenters. The van der Waals surface area contributed by atoms with Gasteiger partial charge in [0, 0.05) is 17.0 Å². The van der Waals surface area contributed by atoms with Gasteiger partial charge < -0.3 is 9.47 Å². The van der Waals surface area contributed by atoms with Gasteiger partial charge in [0.15, 0.2) is 17.9 Å². The molecule has 130 valence electrons. The van der Waals surface area contributed by atoms with E-state index in [1.807, 2.05) is 0 Å². The largest absolute Gasteiger partial charge is 0.348 e. The maximum absolute atomic E-state index is 13.9. The molecule has 0 spiro atoms. The van der Waals surface area contributed by atoms with Crippen molar-refractivity contribution in [2.45, 2.75) is 58.7 Å². The molecule has 0 amide bonds. The Hall–Kier alpha value is -1.07. The first-order valence-corrected chi connectivity index (χ1v) is 8.41. The van der Waals surface area contributed by atoms with E-state index >= 15 is 0 Å². The minimum Gasteiger partial charge on any atom is -0.348 e. The molecule has 0 bridgehead atoms. The van der Waals surface area contributed by atoms with Crippen LogP contribution < -0.4 is 0 Å². The van der Waals surface area contributed by atoms with Crippen molar-refractivity contribution in [2.24, 2.45) is 5.92 Å². The molecule has 0 aromatic heterocycles. The van der Waals surface area contributed by atoms with Crippen LogP contribution in [0.3, 0.4) is 0 Å². The van der Waals surface area contributed by atoms with E-state index in [2.05, 4.69) is 6.92 Å². The zero-order valence-corrected chi connectivity index (χ0v) is 13.8. The van der Waals surface area contributed by atoms with Crippen LogP contribution in [0, 0.1) is 30.3 Å². The monoisotopic (exact) mass is 330 g/mol. The van der Waals surface area contributed by atoms with Crippen molar-refractivity contribution in [2.75, 3.05) is 13.2 Å². The zero-order chi connectivity index (χ0) is 16.8. The van der Waals surface area contributed by atoms with Crippen LogP contribution in [0.1, 0.15) is 62.9 Å². The Balaban J connectivity index is 1.85. The van der Waals surface area contributed by atoms with Gasteiger partial charge in [-0.2, -0.15) is 0 Å². The summed E-state index contributed by atoms with van der Waals surface area (Å²) in [6, 6.07) is 0.962. The zero-order valence-electron chi connectivity index (χ0n) is 13.8. The smallest absolute Gasteiger partial charge is 0.186 e. The van der Waals surface area contributed by atoms with Crippen molar-refractivity contribution in [1.82, 2.24) is 0 Å². The molecule has 0 aliphatic carbocycles. The molecule has 1 aromatic carbocycles. The Kier molecular flexibility index (Phi) is 6.90. The Morgan fingerprint density at radius 3 is 2.30 bits per heavy atom. The molecule has 1 aliphatic heterocycles. The summed E-state index contributed by atoms with van der Waals surface area (Å²) in [5.74, 6) is -2.79. The van der Waals surface area contributed by atoms with Crippen LogP contribution in [0.5, 0.6) is 0 Å². The van der Waals surface area contributed by atoms with Gasteiger partial charge in [-0.3, -0.25) is 0 Å². The molecule has 2 nitrogen and oxygen atoms in total. The summed E-state index contributed by atoms with van der Waals surface area (Å²) in [6.45, 7) is 4.23. The van der Waals surface area contributed by atoms with Crippen molar-refractivity contribution in [3.05, 3.63) is 34.6 Å². The number of ether oxygens (including phenoxy) is 2. The second-order valence-electron chi connectivity index (χ2n) is 6.27. The summed E-state index contributed by atoms with van der Waals surface area (Å²) in [6.07, 6.45) is 5.98. The lowest BCUT2D eigenvalue weighted by molar-refractivity contribution is -0.207. The second-order valence-corrected chi connectivity index (χ2v) is 6.27. The fourth-order valence-corrected chi connectivity index (χ4v) is 2.80. The van der Waals surface area contributed by atoms with Gasteiger partial charge in [-0.25, -0.2) is 13.2 Å². The molecule has 0 atom stereocenters. The van der Waals surface area contributed by atoms with Crippen molar-refractivity contribution in [1.29, 1.82) is 0 Å². The Bertz CT molecular complexity index is 511. The van der Waals surface area contributed by atoms with Gasteiger partial charge in [0.05, 0.1) is 13.2 Å². The van der Waals surface area contributed by atoms with E-state index in [-0.39, 0.29) is 17.0 Å².